The SMILES string of the molecule is O=C(NC1(CBr)CCC1)C1CCC1. The van der Waals surface area contributed by atoms with Crippen molar-refractivity contribution >= 4 is 21.8 Å². The maximum absolute atomic E-state index is 11.7. The van der Waals surface area contributed by atoms with Crippen LogP contribution in [0.3, 0.4) is 0 Å². The van der Waals surface area contributed by atoms with Gasteiger partial charge in [0.05, 0.1) is 0 Å². The minimum Gasteiger partial charge on any atom is -0.350 e. The van der Waals surface area contributed by atoms with E-state index in [4.69, 9.17) is 0 Å². The highest BCUT2D eigenvalue weighted by molar-refractivity contribution is 9.09. The maximum atomic E-state index is 11.7. The van der Waals surface area contributed by atoms with Crippen molar-refractivity contribution < 1.29 is 4.79 Å². The zero-order valence-electron chi connectivity index (χ0n) is 7.81. The first-order chi connectivity index (χ1) is 6.26. The summed E-state index contributed by atoms with van der Waals surface area (Å²) in [5.74, 6) is 0.627. The first kappa shape index (κ1) is 9.50. The van der Waals surface area contributed by atoms with Gasteiger partial charge in [-0.1, -0.05) is 22.4 Å². The van der Waals surface area contributed by atoms with Crippen molar-refractivity contribution in [1.29, 1.82) is 0 Å². The lowest BCUT2D eigenvalue weighted by Crippen LogP contribution is -2.56. The fourth-order valence-corrected chi connectivity index (χ4v) is 2.63. The predicted octanol–water partition coefficient (Wildman–Crippen LogP) is 2.22. The Hall–Kier alpha value is -0.0500. The molecule has 74 valence electrons. The second-order valence-electron chi connectivity index (χ2n) is 4.38. The van der Waals surface area contributed by atoms with E-state index < -0.39 is 0 Å². The Morgan fingerprint density at radius 2 is 2.08 bits per heavy atom. The van der Waals surface area contributed by atoms with Crippen LogP contribution in [0.1, 0.15) is 38.5 Å². The van der Waals surface area contributed by atoms with Crippen molar-refractivity contribution in [3.63, 3.8) is 0 Å². The average molecular weight is 246 g/mol. The summed E-state index contributed by atoms with van der Waals surface area (Å²) >= 11 is 3.49. The lowest BCUT2D eigenvalue weighted by atomic mass is 9.77. The molecule has 0 aromatic rings. The van der Waals surface area contributed by atoms with Gasteiger partial charge in [0.15, 0.2) is 0 Å². The van der Waals surface area contributed by atoms with Crippen molar-refractivity contribution in [2.24, 2.45) is 5.92 Å². The molecule has 1 N–H and O–H groups in total. The molecule has 2 rings (SSSR count). The van der Waals surface area contributed by atoms with E-state index in [-0.39, 0.29) is 5.54 Å². The summed E-state index contributed by atoms with van der Waals surface area (Å²) in [6.45, 7) is 0. The summed E-state index contributed by atoms with van der Waals surface area (Å²) in [6.07, 6.45) is 7.00. The highest BCUT2D eigenvalue weighted by Gasteiger charge is 2.39. The fraction of sp³-hybridized carbons (Fsp3) is 0.900. The van der Waals surface area contributed by atoms with E-state index in [0.717, 1.165) is 31.0 Å². The van der Waals surface area contributed by atoms with Crippen LogP contribution < -0.4 is 5.32 Å². The van der Waals surface area contributed by atoms with Crippen LogP contribution in [0.4, 0.5) is 0 Å². The molecule has 1 amide bonds. The van der Waals surface area contributed by atoms with Crippen LogP contribution in [0, 0.1) is 5.92 Å². The van der Waals surface area contributed by atoms with E-state index in [1.54, 1.807) is 0 Å². The number of hydrogen-bond donors (Lipinski definition) is 1. The molecule has 2 aliphatic rings. The molecule has 0 bridgehead atoms. The van der Waals surface area contributed by atoms with E-state index in [9.17, 15) is 4.79 Å². The number of halogens is 1. The van der Waals surface area contributed by atoms with Crippen molar-refractivity contribution in [3.8, 4) is 0 Å². The number of rotatable bonds is 3. The second-order valence-corrected chi connectivity index (χ2v) is 4.95. The third kappa shape index (κ3) is 1.76. The normalized spacial score (nSPS) is 25.9. The van der Waals surface area contributed by atoms with Crippen molar-refractivity contribution in [2.45, 2.75) is 44.1 Å². The molecule has 0 radical (unpaired) electrons. The molecule has 0 spiro atoms. The summed E-state index contributed by atoms with van der Waals surface area (Å²) in [5, 5.41) is 4.11. The third-order valence-corrected chi connectivity index (χ3v) is 4.50. The van der Waals surface area contributed by atoms with Gasteiger partial charge in [-0.2, -0.15) is 0 Å². The van der Waals surface area contributed by atoms with Crippen LogP contribution >= 0.6 is 15.9 Å². The Morgan fingerprint density at radius 1 is 1.38 bits per heavy atom. The van der Waals surface area contributed by atoms with Gasteiger partial charge >= 0.3 is 0 Å². The van der Waals surface area contributed by atoms with Gasteiger partial charge in [0.2, 0.25) is 5.91 Å². The Morgan fingerprint density at radius 3 is 2.38 bits per heavy atom. The van der Waals surface area contributed by atoms with Crippen molar-refractivity contribution in [3.05, 3.63) is 0 Å². The van der Waals surface area contributed by atoms with E-state index in [2.05, 4.69) is 21.2 Å². The van der Waals surface area contributed by atoms with Gasteiger partial charge in [-0.15, -0.1) is 0 Å². The second kappa shape index (κ2) is 3.60. The maximum Gasteiger partial charge on any atom is 0.223 e. The average Bonchev–Trinajstić information content (AvgIpc) is 1.93. The highest BCUT2D eigenvalue weighted by Crippen LogP contribution is 2.35. The molecular formula is C10H16BrNO. The van der Waals surface area contributed by atoms with Crippen LogP contribution in [0.5, 0.6) is 0 Å². The monoisotopic (exact) mass is 245 g/mol. The molecule has 0 aromatic carbocycles. The summed E-state index contributed by atoms with van der Waals surface area (Å²) in [7, 11) is 0. The molecule has 2 fully saturated rings. The smallest absolute Gasteiger partial charge is 0.223 e. The number of hydrogen-bond acceptors (Lipinski definition) is 1. The minimum absolute atomic E-state index is 0.118. The lowest BCUT2D eigenvalue weighted by Gasteiger charge is -2.42. The van der Waals surface area contributed by atoms with Crippen LogP contribution in [0.25, 0.3) is 0 Å². The Kier molecular flexibility index (Phi) is 2.63. The van der Waals surface area contributed by atoms with Gasteiger partial charge in [-0.3, -0.25) is 4.79 Å². The van der Waals surface area contributed by atoms with Gasteiger partial charge in [0.1, 0.15) is 0 Å². The highest BCUT2D eigenvalue weighted by atomic mass is 79.9. The molecular weight excluding hydrogens is 230 g/mol. The van der Waals surface area contributed by atoms with E-state index in [1.165, 1.54) is 12.8 Å². The molecule has 0 saturated heterocycles. The first-order valence-corrected chi connectivity index (χ1v) is 6.26. The number of nitrogens with one attached hydrogen (secondary N) is 1. The standard InChI is InChI=1S/C10H16BrNO/c11-7-10(5-2-6-10)12-9(13)8-3-1-4-8/h8H,1-7H2,(H,12,13). The number of carbonyl (C=O) groups excluding carboxylic acids is 1. The van der Waals surface area contributed by atoms with Crippen LogP contribution in [0.2, 0.25) is 0 Å². The molecule has 2 nitrogen and oxygen atoms in total. The minimum atomic E-state index is 0.118. The number of carbonyl (C=O) groups is 1. The quantitative estimate of drug-likeness (QED) is 0.760. The summed E-state index contributed by atoms with van der Waals surface area (Å²) < 4.78 is 0. The molecule has 2 saturated carbocycles. The van der Waals surface area contributed by atoms with Gasteiger partial charge in [0, 0.05) is 16.8 Å². The predicted molar refractivity (Wildman–Crippen MR) is 55.9 cm³/mol. The van der Waals surface area contributed by atoms with Crippen LogP contribution in [0.15, 0.2) is 0 Å². The molecule has 0 aromatic heterocycles. The van der Waals surface area contributed by atoms with Crippen molar-refractivity contribution in [1.82, 2.24) is 5.32 Å². The van der Waals surface area contributed by atoms with Gasteiger partial charge < -0.3 is 5.32 Å². The lowest BCUT2D eigenvalue weighted by molar-refractivity contribution is -0.130. The molecule has 0 unspecified atom stereocenters. The fourth-order valence-electron chi connectivity index (χ4n) is 1.93. The largest absolute Gasteiger partial charge is 0.350 e. The topological polar surface area (TPSA) is 29.1 Å². The number of amides is 1. The third-order valence-electron chi connectivity index (χ3n) is 3.43. The Labute approximate surface area is 87.6 Å². The number of alkyl halides is 1. The molecule has 0 aliphatic heterocycles. The zero-order chi connectivity index (χ0) is 9.31. The molecule has 3 heteroatoms. The molecule has 0 atom stereocenters. The molecule has 0 heterocycles. The van der Waals surface area contributed by atoms with E-state index in [0.29, 0.717) is 11.8 Å². The zero-order valence-corrected chi connectivity index (χ0v) is 9.40. The van der Waals surface area contributed by atoms with Gasteiger partial charge in [-0.05, 0) is 32.1 Å². The Bertz CT molecular complexity index is 203. The Balaban J connectivity index is 1.84. The van der Waals surface area contributed by atoms with Crippen LogP contribution in [-0.2, 0) is 4.79 Å². The summed E-state index contributed by atoms with van der Waals surface area (Å²) in [4.78, 5) is 11.7. The van der Waals surface area contributed by atoms with Crippen molar-refractivity contribution in [2.75, 3.05) is 5.33 Å². The van der Waals surface area contributed by atoms with E-state index in [1.807, 2.05) is 0 Å². The molecule has 2 aliphatic carbocycles. The van der Waals surface area contributed by atoms with Gasteiger partial charge in [0.25, 0.3) is 0 Å². The van der Waals surface area contributed by atoms with Gasteiger partial charge in [-0.25, -0.2) is 0 Å². The van der Waals surface area contributed by atoms with Crippen LogP contribution in [-0.4, -0.2) is 16.8 Å². The summed E-state index contributed by atoms with van der Waals surface area (Å²) in [6, 6.07) is 0. The van der Waals surface area contributed by atoms with E-state index >= 15 is 0 Å². The summed E-state index contributed by atoms with van der Waals surface area (Å²) in [5.41, 5.74) is 0.118. The molecule has 13 heavy (non-hydrogen) atoms. The first-order valence-electron chi connectivity index (χ1n) is 5.14.